The number of rotatable bonds is 7. The van der Waals surface area contributed by atoms with Gasteiger partial charge in [0.2, 0.25) is 15.9 Å². The number of benzene rings is 1. The van der Waals surface area contributed by atoms with Crippen LogP contribution in [0.1, 0.15) is 49.8 Å². The lowest BCUT2D eigenvalue weighted by Crippen LogP contribution is -2.42. The number of piperidine rings is 1. The van der Waals surface area contributed by atoms with Crippen LogP contribution in [-0.4, -0.2) is 42.5 Å². The molecule has 0 saturated carbocycles. The van der Waals surface area contributed by atoms with Crippen molar-refractivity contribution in [3.05, 3.63) is 53.9 Å². The monoisotopic (exact) mass is 455 g/mol. The van der Waals surface area contributed by atoms with Crippen molar-refractivity contribution in [2.24, 2.45) is 5.92 Å². The van der Waals surface area contributed by atoms with E-state index in [-0.39, 0.29) is 29.0 Å². The molecule has 2 aliphatic heterocycles. The number of nitrogens with one attached hydrogen (secondary N) is 1. The summed E-state index contributed by atoms with van der Waals surface area (Å²) in [7, 11) is -3.69. The maximum Gasteiger partial charge on any atom is 0.243 e. The average molecular weight is 456 g/mol. The Morgan fingerprint density at radius 2 is 2.03 bits per heavy atom. The summed E-state index contributed by atoms with van der Waals surface area (Å²) in [5.74, 6) is -0.173. The fraction of sp³-hybridized carbons (Fsp3) is 0.458. The maximum atomic E-state index is 13.3. The average Bonchev–Trinajstić information content (AvgIpc) is 2.99. The number of sulfonamides is 1. The largest absolute Gasteiger partial charge is 0.326 e. The highest BCUT2D eigenvalue weighted by Crippen LogP contribution is 2.29. The Labute approximate surface area is 189 Å². The molecule has 1 N–H and O–H groups in total. The summed E-state index contributed by atoms with van der Waals surface area (Å²) >= 11 is 0. The fourth-order valence-corrected chi connectivity index (χ4v) is 6.05. The van der Waals surface area contributed by atoms with E-state index < -0.39 is 10.0 Å². The number of amides is 1. The van der Waals surface area contributed by atoms with Crippen molar-refractivity contribution in [3.8, 4) is 0 Å². The zero-order chi connectivity index (χ0) is 22.6. The van der Waals surface area contributed by atoms with Gasteiger partial charge in [0.15, 0.2) is 0 Å². The molecular weight excluding hydrogens is 426 g/mol. The summed E-state index contributed by atoms with van der Waals surface area (Å²) in [6, 6.07) is 10.7. The van der Waals surface area contributed by atoms with E-state index in [2.05, 4.69) is 10.3 Å². The molecule has 0 radical (unpaired) electrons. The highest BCUT2D eigenvalue weighted by atomic mass is 32.2. The zero-order valence-corrected chi connectivity index (χ0v) is 18.9. The maximum absolute atomic E-state index is 13.3. The number of aryl methyl sites for hydroxylation is 2. The molecule has 0 aliphatic carbocycles. The predicted octanol–water partition coefficient (Wildman–Crippen LogP) is 3.35. The SMILES string of the molecule is O=C1CCCc2cc(S(=O)(=O)N3CCCC(C(=O)CCCc4ccccn4)C3)ccc2N1. The van der Waals surface area contributed by atoms with E-state index >= 15 is 0 Å². The van der Waals surface area contributed by atoms with Gasteiger partial charge in [0.05, 0.1) is 4.90 Å². The first kappa shape index (κ1) is 22.6. The molecule has 1 aromatic heterocycles. The summed E-state index contributed by atoms with van der Waals surface area (Å²) in [4.78, 5) is 29.0. The number of fused-ring (bicyclic) bond motifs is 1. The number of hydrogen-bond donors (Lipinski definition) is 1. The summed E-state index contributed by atoms with van der Waals surface area (Å²) in [5.41, 5.74) is 2.50. The first-order chi connectivity index (χ1) is 15.4. The minimum absolute atomic E-state index is 0.0419. The lowest BCUT2D eigenvalue weighted by atomic mass is 9.92. The predicted molar refractivity (Wildman–Crippen MR) is 122 cm³/mol. The number of nitrogens with zero attached hydrogens (tertiary/aromatic N) is 2. The molecule has 4 rings (SSSR count). The van der Waals surface area contributed by atoms with Gasteiger partial charge in [-0.3, -0.25) is 14.6 Å². The summed E-state index contributed by atoms with van der Waals surface area (Å²) in [6.45, 7) is 0.659. The molecule has 3 heterocycles. The number of anilines is 1. The Hall–Kier alpha value is -2.58. The van der Waals surface area contributed by atoms with E-state index in [1.807, 2.05) is 18.2 Å². The van der Waals surface area contributed by atoms with Crippen molar-refractivity contribution in [1.29, 1.82) is 0 Å². The van der Waals surface area contributed by atoms with Crippen LogP contribution in [0.25, 0.3) is 0 Å². The summed E-state index contributed by atoms with van der Waals surface area (Å²) in [5, 5.41) is 2.84. The molecular formula is C24H29N3O4S. The molecule has 32 heavy (non-hydrogen) atoms. The quantitative estimate of drug-likeness (QED) is 0.691. The van der Waals surface area contributed by atoms with Crippen molar-refractivity contribution in [2.45, 2.75) is 56.3 Å². The summed E-state index contributed by atoms with van der Waals surface area (Å²) in [6.07, 6.45) is 6.85. The van der Waals surface area contributed by atoms with Crippen LogP contribution in [0, 0.1) is 5.92 Å². The first-order valence-corrected chi connectivity index (χ1v) is 12.7. The molecule has 7 nitrogen and oxygen atoms in total. The highest BCUT2D eigenvalue weighted by Gasteiger charge is 2.33. The van der Waals surface area contributed by atoms with Crippen molar-refractivity contribution in [1.82, 2.24) is 9.29 Å². The molecule has 1 amide bonds. The molecule has 0 bridgehead atoms. The molecule has 1 unspecified atom stereocenters. The number of carbonyl (C=O) groups excluding carboxylic acids is 2. The van der Waals surface area contributed by atoms with Crippen molar-refractivity contribution >= 4 is 27.4 Å². The molecule has 1 fully saturated rings. The molecule has 170 valence electrons. The van der Waals surface area contributed by atoms with E-state index in [1.54, 1.807) is 24.4 Å². The molecule has 1 saturated heterocycles. The van der Waals surface area contributed by atoms with Gasteiger partial charge in [-0.2, -0.15) is 4.31 Å². The molecule has 2 aromatic rings. The Bertz CT molecular complexity index is 1090. The number of hydrogen-bond acceptors (Lipinski definition) is 5. The second-order valence-electron chi connectivity index (χ2n) is 8.56. The van der Waals surface area contributed by atoms with Gasteiger partial charge >= 0.3 is 0 Å². The van der Waals surface area contributed by atoms with Crippen molar-refractivity contribution in [2.75, 3.05) is 18.4 Å². The van der Waals surface area contributed by atoms with Crippen molar-refractivity contribution in [3.63, 3.8) is 0 Å². The van der Waals surface area contributed by atoms with Gasteiger partial charge in [-0.15, -0.1) is 0 Å². The van der Waals surface area contributed by atoms with E-state index in [4.69, 9.17) is 0 Å². The smallest absolute Gasteiger partial charge is 0.243 e. The first-order valence-electron chi connectivity index (χ1n) is 11.3. The third-order valence-corrected chi connectivity index (χ3v) is 8.12. The topological polar surface area (TPSA) is 96.4 Å². The van der Waals surface area contributed by atoms with E-state index in [0.717, 1.165) is 30.5 Å². The number of aromatic nitrogens is 1. The molecule has 2 aliphatic rings. The van der Waals surface area contributed by atoms with Gasteiger partial charge in [-0.1, -0.05) is 6.07 Å². The Morgan fingerprint density at radius 1 is 1.16 bits per heavy atom. The number of pyridine rings is 1. The van der Waals surface area contributed by atoms with E-state index in [0.29, 0.717) is 44.3 Å². The van der Waals surface area contributed by atoms with Gasteiger partial charge in [-0.25, -0.2) is 8.42 Å². The highest BCUT2D eigenvalue weighted by molar-refractivity contribution is 7.89. The lowest BCUT2D eigenvalue weighted by molar-refractivity contribution is -0.124. The van der Waals surface area contributed by atoms with Crippen LogP contribution in [0.3, 0.4) is 0 Å². The lowest BCUT2D eigenvalue weighted by Gasteiger charge is -2.31. The Balaban J connectivity index is 1.40. The number of Topliss-reactive ketones (excluding diaryl/α,β-unsaturated/α-hetero) is 1. The van der Waals surface area contributed by atoms with Gasteiger partial charge in [0.1, 0.15) is 5.78 Å². The van der Waals surface area contributed by atoms with Crippen LogP contribution in [0.2, 0.25) is 0 Å². The van der Waals surface area contributed by atoms with Gasteiger partial charge in [0, 0.05) is 49.4 Å². The molecule has 1 atom stereocenters. The normalized spacial score (nSPS) is 19.6. The summed E-state index contributed by atoms with van der Waals surface area (Å²) < 4.78 is 28.1. The van der Waals surface area contributed by atoms with Crippen LogP contribution < -0.4 is 5.32 Å². The molecule has 8 heteroatoms. The van der Waals surface area contributed by atoms with E-state index in [1.165, 1.54) is 4.31 Å². The van der Waals surface area contributed by atoms with Crippen LogP contribution >= 0.6 is 0 Å². The van der Waals surface area contributed by atoms with Crippen molar-refractivity contribution < 1.29 is 18.0 Å². The standard InChI is InChI=1S/C24H29N3O4S/c28-23(10-4-9-20-8-1-2-14-25-20)19-7-5-15-27(17-19)32(30,31)21-12-13-22-18(16-21)6-3-11-24(29)26-22/h1-2,8,12-14,16,19H,3-7,9-11,15,17H2,(H,26,29). The number of ketones is 1. The minimum Gasteiger partial charge on any atom is -0.326 e. The molecule has 1 aromatic carbocycles. The van der Waals surface area contributed by atoms with Crippen LogP contribution in [0.4, 0.5) is 5.69 Å². The molecule has 0 spiro atoms. The van der Waals surface area contributed by atoms with Crippen LogP contribution in [0.15, 0.2) is 47.5 Å². The third kappa shape index (κ3) is 5.24. The van der Waals surface area contributed by atoms with Gasteiger partial charge < -0.3 is 5.32 Å². The van der Waals surface area contributed by atoms with Gasteiger partial charge in [-0.05, 0) is 74.4 Å². The van der Waals surface area contributed by atoms with Crippen LogP contribution in [-0.2, 0) is 32.5 Å². The third-order valence-electron chi connectivity index (χ3n) is 6.26. The fourth-order valence-electron chi connectivity index (χ4n) is 4.48. The number of carbonyl (C=O) groups is 2. The Kier molecular flexibility index (Phi) is 7.01. The van der Waals surface area contributed by atoms with Gasteiger partial charge in [0.25, 0.3) is 0 Å². The second kappa shape index (κ2) is 9.92. The van der Waals surface area contributed by atoms with Crippen LogP contribution in [0.5, 0.6) is 0 Å². The Morgan fingerprint density at radius 3 is 2.84 bits per heavy atom. The minimum atomic E-state index is -3.69. The van der Waals surface area contributed by atoms with E-state index in [9.17, 15) is 18.0 Å². The zero-order valence-electron chi connectivity index (χ0n) is 18.1. The second-order valence-corrected chi connectivity index (χ2v) is 10.5.